The van der Waals surface area contributed by atoms with Crippen LogP contribution in [0.15, 0.2) is 18.2 Å². The Hall–Kier alpha value is -1.73. The molecular formula is C18H24ClF2N3O2. The van der Waals surface area contributed by atoms with Gasteiger partial charge in [-0.2, -0.15) is 0 Å². The minimum atomic E-state index is -1.01. The van der Waals surface area contributed by atoms with Crippen LogP contribution in [0.1, 0.15) is 26.2 Å². The molecule has 2 heterocycles. The number of nitrogens with two attached hydrogens (primary N) is 1. The maximum Gasteiger partial charge on any atom is 0.239 e. The molecule has 2 amide bonds. The molecule has 0 spiro atoms. The molecular weight excluding hydrogens is 364 g/mol. The van der Waals surface area contributed by atoms with Gasteiger partial charge in [0.15, 0.2) is 11.6 Å². The maximum absolute atomic E-state index is 13.4. The molecule has 1 aromatic rings. The topological polar surface area (TPSA) is 66.6 Å². The van der Waals surface area contributed by atoms with Gasteiger partial charge in [-0.15, -0.1) is 12.4 Å². The first-order chi connectivity index (χ1) is 11.9. The van der Waals surface area contributed by atoms with Crippen LogP contribution in [0.3, 0.4) is 0 Å². The van der Waals surface area contributed by atoms with Gasteiger partial charge in [-0.3, -0.25) is 9.59 Å². The summed E-state index contributed by atoms with van der Waals surface area (Å²) in [6.45, 7) is 3.44. The largest absolute Gasteiger partial charge is 0.338 e. The summed E-state index contributed by atoms with van der Waals surface area (Å²) in [6.07, 6.45) is 2.12. The fourth-order valence-corrected chi connectivity index (χ4v) is 3.78. The van der Waals surface area contributed by atoms with Gasteiger partial charge in [-0.05, 0) is 37.3 Å². The molecule has 0 aliphatic carbocycles. The number of carbonyl (C=O) groups excluding carboxylic acids is 2. The SMILES string of the molecule is CC1CCN(C(=O)C2CCN(c3ccc(F)c(F)c3)C2=O)C(CN)C1.Cl. The average Bonchev–Trinajstić information content (AvgIpc) is 2.98. The number of nitrogens with zero attached hydrogens (tertiary/aromatic N) is 2. The van der Waals surface area contributed by atoms with E-state index in [-0.39, 0.29) is 36.0 Å². The molecule has 3 unspecified atom stereocenters. The van der Waals surface area contributed by atoms with E-state index < -0.39 is 17.6 Å². The molecule has 1 aromatic carbocycles. The van der Waals surface area contributed by atoms with Gasteiger partial charge in [0.1, 0.15) is 5.92 Å². The Morgan fingerprint density at radius 2 is 1.96 bits per heavy atom. The number of likely N-dealkylation sites (tertiary alicyclic amines) is 1. The second-order valence-corrected chi connectivity index (χ2v) is 6.98. The first kappa shape index (κ1) is 20.6. The zero-order chi connectivity index (χ0) is 18.1. The molecule has 2 aliphatic rings. The van der Waals surface area contributed by atoms with Gasteiger partial charge >= 0.3 is 0 Å². The van der Waals surface area contributed by atoms with Crippen molar-refractivity contribution in [1.29, 1.82) is 0 Å². The van der Waals surface area contributed by atoms with Crippen molar-refractivity contribution in [3.05, 3.63) is 29.8 Å². The predicted molar refractivity (Wildman–Crippen MR) is 97.0 cm³/mol. The first-order valence-corrected chi connectivity index (χ1v) is 8.69. The van der Waals surface area contributed by atoms with E-state index in [4.69, 9.17) is 5.73 Å². The van der Waals surface area contributed by atoms with Gasteiger partial charge in [0.05, 0.1) is 0 Å². The minimum absolute atomic E-state index is 0. The molecule has 2 saturated heterocycles. The van der Waals surface area contributed by atoms with Crippen molar-refractivity contribution in [3.63, 3.8) is 0 Å². The first-order valence-electron chi connectivity index (χ1n) is 8.69. The highest BCUT2D eigenvalue weighted by Gasteiger charge is 2.42. The minimum Gasteiger partial charge on any atom is -0.338 e. The molecule has 2 fully saturated rings. The van der Waals surface area contributed by atoms with Gasteiger partial charge in [0.25, 0.3) is 0 Å². The number of carbonyl (C=O) groups is 2. The number of halogens is 3. The second kappa shape index (κ2) is 8.31. The number of anilines is 1. The zero-order valence-corrected chi connectivity index (χ0v) is 15.5. The smallest absolute Gasteiger partial charge is 0.239 e. The normalized spacial score (nSPS) is 26.0. The Labute approximate surface area is 157 Å². The molecule has 0 saturated carbocycles. The van der Waals surface area contributed by atoms with Crippen molar-refractivity contribution in [2.24, 2.45) is 17.6 Å². The lowest BCUT2D eigenvalue weighted by Crippen LogP contribution is -2.52. The Bertz CT molecular complexity index is 688. The summed E-state index contributed by atoms with van der Waals surface area (Å²) in [7, 11) is 0. The lowest BCUT2D eigenvalue weighted by molar-refractivity contribution is -0.143. The maximum atomic E-state index is 13.4. The van der Waals surface area contributed by atoms with Crippen LogP contribution < -0.4 is 10.6 Å². The summed E-state index contributed by atoms with van der Waals surface area (Å²) in [5, 5.41) is 0. The lowest BCUT2D eigenvalue weighted by atomic mass is 9.91. The number of rotatable bonds is 3. The summed E-state index contributed by atoms with van der Waals surface area (Å²) in [5.41, 5.74) is 6.09. The van der Waals surface area contributed by atoms with Crippen LogP contribution in [0.2, 0.25) is 0 Å². The van der Waals surface area contributed by atoms with Crippen LogP contribution in [0.5, 0.6) is 0 Å². The molecule has 3 rings (SSSR count). The van der Waals surface area contributed by atoms with Gasteiger partial charge < -0.3 is 15.5 Å². The molecule has 0 aromatic heterocycles. The predicted octanol–water partition coefficient (Wildman–Crippen LogP) is 2.33. The average molecular weight is 388 g/mol. The van der Waals surface area contributed by atoms with E-state index in [9.17, 15) is 18.4 Å². The van der Waals surface area contributed by atoms with E-state index in [1.807, 2.05) is 0 Å². The van der Waals surface area contributed by atoms with Crippen LogP contribution in [0.25, 0.3) is 0 Å². The van der Waals surface area contributed by atoms with E-state index in [0.29, 0.717) is 32.0 Å². The zero-order valence-electron chi connectivity index (χ0n) is 14.7. The van der Waals surface area contributed by atoms with Crippen molar-refractivity contribution >= 4 is 29.9 Å². The molecule has 2 N–H and O–H groups in total. The van der Waals surface area contributed by atoms with Crippen LogP contribution in [-0.2, 0) is 9.59 Å². The monoisotopic (exact) mass is 387 g/mol. The third-order valence-corrected chi connectivity index (χ3v) is 5.25. The van der Waals surface area contributed by atoms with Crippen molar-refractivity contribution < 1.29 is 18.4 Å². The van der Waals surface area contributed by atoms with E-state index in [2.05, 4.69) is 6.92 Å². The van der Waals surface area contributed by atoms with E-state index in [0.717, 1.165) is 25.0 Å². The van der Waals surface area contributed by atoms with Gasteiger partial charge in [0.2, 0.25) is 11.8 Å². The fourth-order valence-electron chi connectivity index (χ4n) is 3.78. The van der Waals surface area contributed by atoms with E-state index in [1.54, 1.807) is 4.90 Å². The highest BCUT2D eigenvalue weighted by Crippen LogP contribution is 2.30. The molecule has 8 heteroatoms. The number of benzene rings is 1. The lowest BCUT2D eigenvalue weighted by Gasteiger charge is -2.39. The Balaban J connectivity index is 0.00000243. The Kier molecular flexibility index (Phi) is 6.58. The number of hydrogen-bond donors (Lipinski definition) is 1. The van der Waals surface area contributed by atoms with Crippen molar-refractivity contribution in [3.8, 4) is 0 Å². The van der Waals surface area contributed by atoms with Crippen LogP contribution in [0, 0.1) is 23.5 Å². The molecule has 3 atom stereocenters. The molecule has 144 valence electrons. The summed E-state index contributed by atoms with van der Waals surface area (Å²) in [4.78, 5) is 28.6. The molecule has 0 radical (unpaired) electrons. The van der Waals surface area contributed by atoms with Crippen LogP contribution in [0.4, 0.5) is 14.5 Å². The third kappa shape index (κ3) is 3.83. The van der Waals surface area contributed by atoms with E-state index >= 15 is 0 Å². The Morgan fingerprint density at radius 1 is 1.23 bits per heavy atom. The molecule has 26 heavy (non-hydrogen) atoms. The summed E-state index contributed by atoms with van der Waals surface area (Å²) in [5.74, 6) is -2.78. The summed E-state index contributed by atoms with van der Waals surface area (Å²) < 4.78 is 26.5. The van der Waals surface area contributed by atoms with Gasteiger partial charge in [-0.25, -0.2) is 8.78 Å². The van der Waals surface area contributed by atoms with Crippen molar-refractivity contribution in [2.75, 3.05) is 24.5 Å². The van der Waals surface area contributed by atoms with Gasteiger partial charge in [0, 0.05) is 37.4 Å². The molecule has 5 nitrogen and oxygen atoms in total. The third-order valence-electron chi connectivity index (χ3n) is 5.25. The fraction of sp³-hybridized carbons (Fsp3) is 0.556. The highest BCUT2D eigenvalue weighted by atomic mass is 35.5. The number of hydrogen-bond acceptors (Lipinski definition) is 3. The summed E-state index contributed by atoms with van der Waals surface area (Å²) in [6, 6.07) is 3.30. The standard InChI is InChI=1S/C18H23F2N3O2.ClH/c1-11-4-6-23(13(8-11)10-21)18(25)14-5-7-22(17(14)24)12-2-3-15(19)16(20)9-12;/h2-3,9,11,13-14H,4-8,10,21H2,1H3;1H. The van der Waals surface area contributed by atoms with Gasteiger partial charge in [-0.1, -0.05) is 6.92 Å². The quantitative estimate of drug-likeness (QED) is 0.809. The second-order valence-electron chi connectivity index (χ2n) is 6.98. The van der Waals surface area contributed by atoms with Crippen LogP contribution >= 0.6 is 12.4 Å². The molecule has 0 bridgehead atoms. The highest BCUT2D eigenvalue weighted by molar-refractivity contribution is 6.09. The molecule has 2 aliphatic heterocycles. The van der Waals surface area contributed by atoms with Crippen molar-refractivity contribution in [2.45, 2.75) is 32.2 Å². The van der Waals surface area contributed by atoms with Crippen LogP contribution in [-0.4, -0.2) is 42.4 Å². The Morgan fingerprint density at radius 3 is 2.62 bits per heavy atom. The van der Waals surface area contributed by atoms with E-state index in [1.165, 1.54) is 11.0 Å². The van der Waals surface area contributed by atoms with Crippen molar-refractivity contribution in [1.82, 2.24) is 4.90 Å². The summed E-state index contributed by atoms with van der Waals surface area (Å²) >= 11 is 0. The number of piperidine rings is 1. The number of amides is 2.